The molecule has 136 valence electrons. The number of hydrogen-bond donors (Lipinski definition) is 2. The Labute approximate surface area is 145 Å². The fourth-order valence-corrected chi connectivity index (χ4v) is 1.07. The second-order valence-electron chi connectivity index (χ2n) is 3.98. The molecule has 9 nitrogen and oxygen atoms in total. The van der Waals surface area contributed by atoms with Gasteiger partial charge in [0.15, 0.2) is 6.39 Å². The van der Waals surface area contributed by atoms with Gasteiger partial charge in [0.1, 0.15) is 18.3 Å². The quantitative estimate of drug-likeness (QED) is 0.744. The van der Waals surface area contributed by atoms with E-state index in [-0.39, 0.29) is 11.9 Å². The number of nitrogens with two attached hydrogens (primary N) is 2. The number of aromatic nitrogens is 2. The molecule has 24 heavy (non-hydrogen) atoms. The molecule has 2 rings (SSSR count). The molecule has 0 radical (unpaired) electrons. The van der Waals surface area contributed by atoms with Crippen LogP contribution in [0.5, 0.6) is 0 Å². The van der Waals surface area contributed by atoms with Crippen molar-refractivity contribution in [3.63, 3.8) is 0 Å². The third-order valence-corrected chi connectivity index (χ3v) is 2.36. The maximum Gasteiger partial charge on any atom is 0.322 e. The van der Waals surface area contributed by atoms with Gasteiger partial charge in [0, 0.05) is 11.6 Å². The van der Waals surface area contributed by atoms with Crippen LogP contribution < -0.4 is 11.5 Å². The van der Waals surface area contributed by atoms with Gasteiger partial charge in [-0.15, -0.1) is 11.3 Å². The van der Waals surface area contributed by atoms with Crippen molar-refractivity contribution >= 4 is 23.3 Å². The van der Waals surface area contributed by atoms with Crippen LogP contribution in [-0.2, 0) is 19.1 Å². The zero-order valence-electron chi connectivity index (χ0n) is 14.1. The summed E-state index contributed by atoms with van der Waals surface area (Å²) in [6, 6.07) is -0.991. The van der Waals surface area contributed by atoms with Crippen LogP contribution in [0.15, 0.2) is 40.4 Å². The zero-order chi connectivity index (χ0) is 18.8. The molecule has 4 N–H and O–H groups in total. The number of carbonyl (C=O) groups is 2. The minimum atomic E-state index is -0.495. The Bertz CT molecular complexity index is 409. The summed E-state index contributed by atoms with van der Waals surface area (Å²) in [6.07, 6.45) is 6.24. The van der Waals surface area contributed by atoms with E-state index in [1.165, 1.54) is 26.9 Å². The molecule has 0 aliphatic carbocycles. The smallest absolute Gasteiger partial charge is 0.322 e. The highest BCUT2D eigenvalue weighted by Gasteiger charge is 2.04. The Morgan fingerprint density at radius 1 is 1.04 bits per heavy atom. The highest BCUT2D eigenvalue weighted by molar-refractivity contribution is 7.07. The van der Waals surface area contributed by atoms with Crippen molar-refractivity contribution in [3.8, 4) is 0 Å². The third-order valence-electron chi connectivity index (χ3n) is 1.84. The molecule has 0 aromatic carbocycles. The number of ether oxygens (including phenoxy) is 2. The van der Waals surface area contributed by atoms with Gasteiger partial charge >= 0.3 is 11.9 Å². The van der Waals surface area contributed by atoms with Gasteiger partial charge in [-0.2, -0.15) is 0 Å². The van der Waals surface area contributed by atoms with E-state index in [1.807, 2.05) is 5.38 Å². The number of methoxy groups -OCH3 is 2. The molecule has 0 spiro atoms. The number of carbonyl (C=O) groups excluding carboxylic acids is 2. The molecular weight excluding hydrogens is 336 g/mol. The summed E-state index contributed by atoms with van der Waals surface area (Å²) in [6.45, 7) is 3.15. The van der Waals surface area contributed by atoms with Gasteiger partial charge in [0.25, 0.3) is 0 Å². The van der Waals surface area contributed by atoms with E-state index in [4.69, 9.17) is 11.5 Å². The molecule has 2 aromatic heterocycles. The molecule has 0 amide bonds. The largest absolute Gasteiger partial charge is 0.468 e. The second-order valence-corrected chi connectivity index (χ2v) is 4.73. The van der Waals surface area contributed by atoms with Crippen LogP contribution >= 0.6 is 11.3 Å². The summed E-state index contributed by atoms with van der Waals surface area (Å²) in [5.74, 6) is -0.750. The van der Waals surface area contributed by atoms with Crippen molar-refractivity contribution in [2.75, 3.05) is 14.2 Å². The third kappa shape index (κ3) is 17.8. The van der Waals surface area contributed by atoms with Crippen LogP contribution in [0.2, 0.25) is 0 Å². The number of esters is 2. The normalized spacial score (nSPS) is 10.9. The molecule has 0 bridgehead atoms. The molecule has 0 aliphatic heterocycles. The fraction of sp³-hybridized carbons (Fsp3) is 0.429. The number of rotatable bonds is 2. The molecule has 2 aromatic rings. The van der Waals surface area contributed by atoms with E-state index < -0.39 is 12.1 Å². The van der Waals surface area contributed by atoms with Gasteiger partial charge in [-0.05, 0) is 13.8 Å². The van der Waals surface area contributed by atoms with E-state index in [0.29, 0.717) is 0 Å². The molecule has 2 heterocycles. The molecule has 2 unspecified atom stereocenters. The second kappa shape index (κ2) is 17.1. The Balaban J connectivity index is 0. The zero-order valence-corrected chi connectivity index (χ0v) is 14.9. The van der Waals surface area contributed by atoms with Crippen LogP contribution in [-0.4, -0.2) is 48.2 Å². The van der Waals surface area contributed by atoms with Gasteiger partial charge in [-0.25, -0.2) is 4.98 Å². The summed E-state index contributed by atoms with van der Waals surface area (Å²) in [4.78, 5) is 27.6. The highest BCUT2D eigenvalue weighted by atomic mass is 32.1. The van der Waals surface area contributed by atoms with Crippen molar-refractivity contribution in [2.45, 2.75) is 25.9 Å². The van der Waals surface area contributed by atoms with Crippen molar-refractivity contribution in [1.82, 2.24) is 9.97 Å². The van der Waals surface area contributed by atoms with Crippen LogP contribution in [0.3, 0.4) is 0 Å². The molecule has 10 heteroatoms. The minimum Gasteiger partial charge on any atom is -0.468 e. The molecule has 0 saturated heterocycles. The summed E-state index contributed by atoms with van der Waals surface area (Å²) >= 11 is 1.60. The van der Waals surface area contributed by atoms with Gasteiger partial charge in [-0.3, -0.25) is 14.6 Å². The van der Waals surface area contributed by atoms with E-state index in [2.05, 4.69) is 23.9 Å². The van der Waals surface area contributed by atoms with E-state index in [1.54, 1.807) is 43.1 Å². The maximum atomic E-state index is 10.2. The SMILES string of the molecule is COC(=O)C(C)N.COC(=O)C(C)N.c1cocn1.c1cscn1. The first-order valence-corrected chi connectivity index (χ1v) is 7.62. The summed E-state index contributed by atoms with van der Waals surface area (Å²) in [5, 5.41) is 1.93. The Kier molecular flexibility index (Phi) is 17.0. The fourth-order valence-electron chi connectivity index (χ4n) is 0.723. The standard InChI is InChI=1S/2C4H9NO2.C3H3NO.C3H3NS/c2*1-3(5)4(6)7-2;2*1-2-5-3-4-1/h2*3H,5H2,1-2H3;2*1-3H. The number of thiazole rings is 1. The highest BCUT2D eigenvalue weighted by Crippen LogP contribution is 1.86. The van der Waals surface area contributed by atoms with Crippen LogP contribution in [0.4, 0.5) is 0 Å². The first kappa shape index (κ1) is 24.0. The Morgan fingerprint density at radius 2 is 1.58 bits per heavy atom. The molecule has 0 fully saturated rings. The first-order valence-electron chi connectivity index (χ1n) is 6.67. The van der Waals surface area contributed by atoms with Crippen LogP contribution in [0.25, 0.3) is 0 Å². The lowest BCUT2D eigenvalue weighted by atomic mass is 10.4. The Hall–Kier alpha value is -2.30. The topological polar surface area (TPSA) is 144 Å². The van der Waals surface area contributed by atoms with Gasteiger partial charge in [0.2, 0.25) is 0 Å². The minimum absolute atomic E-state index is 0.375. The van der Waals surface area contributed by atoms with Crippen LogP contribution in [0, 0.1) is 0 Å². The number of hydrogen-bond acceptors (Lipinski definition) is 10. The lowest BCUT2D eigenvalue weighted by Gasteiger charge is -1.98. The van der Waals surface area contributed by atoms with Crippen molar-refractivity contribution in [1.29, 1.82) is 0 Å². The molecule has 0 aliphatic rings. The predicted octanol–water partition coefficient (Wildman–Crippen LogP) is 0.831. The van der Waals surface area contributed by atoms with Crippen molar-refractivity contribution < 1.29 is 23.5 Å². The van der Waals surface area contributed by atoms with Gasteiger partial charge in [0.05, 0.1) is 25.9 Å². The first-order chi connectivity index (χ1) is 11.4. The lowest BCUT2D eigenvalue weighted by Crippen LogP contribution is -2.27. The number of nitrogens with zero attached hydrogens (tertiary/aromatic N) is 2. The maximum absolute atomic E-state index is 10.2. The number of oxazole rings is 1. The Morgan fingerprint density at radius 3 is 1.67 bits per heavy atom. The summed E-state index contributed by atoms with van der Waals surface area (Å²) < 4.78 is 13.0. The summed E-state index contributed by atoms with van der Waals surface area (Å²) in [5.41, 5.74) is 11.9. The lowest BCUT2D eigenvalue weighted by molar-refractivity contribution is -0.142. The van der Waals surface area contributed by atoms with Gasteiger partial charge in [-0.1, -0.05) is 0 Å². The average Bonchev–Trinajstić information content (AvgIpc) is 3.31. The molecule has 2 atom stereocenters. The molecule has 0 saturated carbocycles. The van der Waals surface area contributed by atoms with Crippen molar-refractivity contribution in [3.05, 3.63) is 35.9 Å². The monoisotopic (exact) mass is 360 g/mol. The summed E-state index contributed by atoms with van der Waals surface area (Å²) in [7, 11) is 2.62. The van der Waals surface area contributed by atoms with E-state index in [9.17, 15) is 9.59 Å². The van der Waals surface area contributed by atoms with Crippen molar-refractivity contribution in [2.24, 2.45) is 11.5 Å². The van der Waals surface area contributed by atoms with Gasteiger partial charge < -0.3 is 25.4 Å². The van der Waals surface area contributed by atoms with E-state index in [0.717, 1.165) is 0 Å². The van der Waals surface area contributed by atoms with Crippen LogP contribution in [0.1, 0.15) is 13.8 Å². The average molecular weight is 360 g/mol. The molecular formula is C14H24N4O5S. The van der Waals surface area contributed by atoms with E-state index >= 15 is 0 Å². The predicted molar refractivity (Wildman–Crippen MR) is 89.9 cm³/mol.